The van der Waals surface area contributed by atoms with E-state index in [9.17, 15) is 29.7 Å². The van der Waals surface area contributed by atoms with Crippen molar-refractivity contribution in [2.24, 2.45) is 23.7 Å². The van der Waals surface area contributed by atoms with E-state index in [1.807, 2.05) is 68.4 Å². The molecule has 1 aromatic heterocycles. The highest BCUT2D eigenvalue weighted by atomic mass is 16.7. The maximum Gasteiger partial charge on any atom is 0.316 e. The van der Waals surface area contributed by atoms with Gasteiger partial charge in [-0.1, -0.05) is 58.0 Å². The summed E-state index contributed by atoms with van der Waals surface area (Å²) in [6, 6.07) is 9.47. The molecular weight excluding hydrogens is 680 g/mol. The summed E-state index contributed by atoms with van der Waals surface area (Å²) in [5, 5.41) is 35.3. The predicted molar refractivity (Wildman–Crippen MR) is 201 cm³/mol. The molecular formula is C41H60N2O10. The zero-order valence-corrected chi connectivity index (χ0v) is 32.9. The molecule has 0 unspecified atom stereocenters. The van der Waals surface area contributed by atoms with Crippen LogP contribution in [0.3, 0.4) is 0 Å². The number of rotatable bonds is 8. The van der Waals surface area contributed by atoms with Crippen molar-refractivity contribution in [3.63, 3.8) is 0 Å². The van der Waals surface area contributed by atoms with Gasteiger partial charge >= 0.3 is 5.97 Å². The largest absolute Gasteiger partial charge is 0.459 e. The highest BCUT2D eigenvalue weighted by molar-refractivity contribution is 6.00. The molecule has 3 heterocycles. The summed E-state index contributed by atoms with van der Waals surface area (Å²) in [6.07, 6.45) is -0.314. The SMILES string of the molecule is CC[C@H]1OC(=O)[C@H](C)C(=O)[C@H](C)[C@@H](O[C@@H]2O[C@H](C)C[C@H](N(C)C)[C@H]2O)[C@](C)(OC/C=C/c2cnc3ccccc3c2)C[C@@H](C)C(=O)[C@H](C)[C@@H](O)[C@]1(C)O. The fraction of sp³-hybridized carbons (Fsp3) is 0.659. The number of fused-ring (bicyclic) bond motifs is 1. The van der Waals surface area contributed by atoms with E-state index in [1.54, 1.807) is 33.9 Å². The van der Waals surface area contributed by atoms with Crippen LogP contribution < -0.4 is 0 Å². The van der Waals surface area contributed by atoms with Crippen molar-refractivity contribution >= 4 is 34.5 Å². The van der Waals surface area contributed by atoms with Crippen LogP contribution in [0, 0.1) is 23.7 Å². The van der Waals surface area contributed by atoms with Crippen molar-refractivity contribution in [1.29, 1.82) is 0 Å². The molecule has 13 atom stereocenters. The third kappa shape index (κ3) is 9.59. The average molecular weight is 741 g/mol. The normalized spacial score (nSPS) is 38.3. The number of carbonyl (C=O) groups is 3. The Balaban J connectivity index is 1.78. The molecule has 2 aliphatic rings. The molecule has 0 aliphatic carbocycles. The van der Waals surface area contributed by atoms with E-state index in [0.29, 0.717) is 6.42 Å². The molecule has 0 radical (unpaired) electrons. The smallest absolute Gasteiger partial charge is 0.316 e. The number of pyridine rings is 1. The van der Waals surface area contributed by atoms with E-state index in [2.05, 4.69) is 4.98 Å². The minimum Gasteiger partial charge on any atom is -0.459 e. The minimum atomic E-state index is -1.99. The molecule has 0 amide bonds. The number of aliphatic hydroxyl groups excluding tert-OH is 2. The molecule has 12 heteroatoms. The summed E-state index contributed by atoms with van der Waals surface area (Å²) in [6.45, 7) is 13.0. The van der Waals surface area contributed by atoms with Crippen LogP contribution in [0.15, 0.2) is 42.6 Å². The van der Waals surface area contributed by atoms with Crippen LogP contribution in [0.5, 0.6) is 0 Å². The first-order chi connectivity index (χ1) is 24.8. The maximum absolute atomic E-state index is 14.3. The molecule has 0 bridgehead atoms. The van der Waals surface area contributed by atoms with Gasteiger partial charge in [0, 0.05) is 35.4 Å². The third-order valence-corrected chi connectivity index (χ3v) is 11.3. The summed E-state index contributed by atoms with van der Waals surface area (Å²) in [5.41, 5.74) is -1.66. The Bertz CT molecular complexity index is 1610. The van der Waals surface area contributed by atoms with Crippen molar-refractivity contribution in [3.8, 4) is 0 Å². The van der Waals surface area contributed by atoms with Gasteiger partial charge in [0.05, 0.1) is 36.0 Å². The van der Waals surface area contributed by atoms with Crippen molar-refractivity contribution in [3.05, 3.63) is 48.2 Å². The minimum absolute atomic E-state index is 0.0319. The highest BCUT2D eigenvalue weighted by Crippen LogP contribution is 2.38. The van der Waals surface area contributed by atoms with Crippen molar-refractivity contribution in [1.82, 2.24) is 9.88 Å². The Kier molecular flexibility index (Phi) is 14.1. The number of para-hydroxylation sites is 1. The summed E-state index contributed by atoms with van der Waals surface area (Å²) < 4.78 is 25.2. The Labute approximate surface area is 313 Å². The molecule has 0 saturated carbocycles. The number of aromatic nitrogens is 1. The van der Waals surface area contributed by atoms with Gasteiger partial charge in [-0.15, -0.1) is 0 Å². The van der Waals surface area contributed by atoms with E-state index in [-0.39, 0.29) is 37.4 Å². The number of Topliss-reactive ketones (excluding diaryl/α,β-unsaturated/α-hetero) is 2. The van der Waals surface area contributed by atoms with E-state index in [4.69, 9.17) is 18.9 Å². The summed E-state index contributed by atoms with van der Waals surface area (Å²) in [7, 11) is 3.72. The molecule has 12 nitrogen and oxygen atoms in total. The molecule has 2 fully saturated rings. The first-order valence-corrected chi connectivity index (χ1v) is 18.8. The highest BCUT2D eigenvalue weighted by Gasteiger charge is 2.52. The fourth-order valence-electron chi connectivity index (χ4n) is 7.98. The van der Waals surface area contributed by atoms with Crippen molar-refractivity contribution in [2.75, 3.05) is 20.7 Å². The number of carbonyl (C=O) groups excluding carboxylic acids is 3. The number of ketones is 2. The second-order valence-electron chi connectivity index (χ2n) is 15.8. The molecule has 0 spiro atoms. The standard InChI is InChI=1S/C41H60N2O10/c1-11-32-41(8,49)36(47)25(4)33(44)23(2)21-40(7,50-18-14-15-28-20-29-16-12-13-17-30(29)42-22-28)37(26(5)34(45)27(6)38(48)52-32)53-39-35(46)31(43(9)10)19-24(3)51-39/h12-17,20,22-27,31-32,35-37,39,46-47,49H,11,18-19,21H2,1-10H3/b15-14+/t23-,24-,25+,26+,27-,31+,32-,35-,36-,37-,39+,40-,41-/m1/s1. The number of esters is 1. The van der Waals surface area contributed by atoms with Crippen LogP contribution in [0.1, 0.15) is 80.2 Å². The lowest BCUT2D eigenvalue weighted by Gasteiger charge is -2.47. The monoisotopic (exact) mass is 740 g/mol. The van der Waals surface area contributed by atoms with Gasteiger partial charge in [-0.05, 0) is 78.7 Å². The topological polar surface area (TPSA) is 165 Å². The number of ether oxygens (including phenoxy) is 4. The summed E-state index contributed by atoms with van der Waals surface area (Å²) in [5.74, 6) is -5.87. The average Bonchev–Trinajstić information content (AvgIpc) is 3.12. The Morgan fingerprint density at radius 1 is 1.02 bits per heavy atom. The second-order valence-corrected chi connectivity index (χ2v) is 15.8. The van der Waals surface area contributed by atoms with E-state index in [1.165, 1.54) is 20.8 Å². The molecule has 4 rings (SSSR count). The van der Waals surface area contributed by atoms with Crippen LogP contribution >= 0.6 is 0 Å². The molecule has 53 heavy (non-hydrogen) atoms. The van der Waals surface area contributed by atoms with Gasteiger partial charge in [0.15, 0.2) is 12.1 Å². The van der Waals surface area contributed by atoms with Gasteiger partial charge in [-0.25, -0.2) is 0 Å². The van der Waals surface area contributed by atoms with E-state index in [0.717, 1.165) is 16.5 Å². The Hall–Kier alpha value is -3.10. The van der Waals surface area contributed by atoms with Crippen molar-refractivity contribution < 1.29 is 48.7 Å². The number of cyclic esters (lactones) is 1. The molecule has 2 saturated heterocycles. The maximum atomic E-state index is 14.3. The number of hydrogen-bond acceptors (Lipinski definition) is 12. The number of aliphatic hydroxyl groups is 3. The lowest BCUT2D eigenvalue weighted by Crippen LogP contribution is -2.60. The fourth-order valence-corrected chi connectivity index (χ4v) is 7.98. The lowest BCUT2D eigenvalue weighted by molar-refractivity contribution is -0.296. The van der Waals surface area contributed by atoms with E-state index >= 15 is 0 Å². The number of likely N-dealkylation sites (N-methyl/N-ethyl adjacent to an activating group) is 1. The first kappa shape index (κ1) is 42.6. The second kappa shape index (κ2) is 17.6. The summed E-state index contributed by atoms with van der Waals surface area (Å²) in [4.78, 5) is 48.3. The zero-order chi connectivity index (χ0) is 39.4. The lowest BCUT2D eigenvalue weighted by atomic mass is 9.74. The van der Waals surface area contributed by atoms with Crippen LogP contribution in [0.4, 0.5) is 0 Å². The first-order valence-electron chi connectivity index (χ1n) is 18.8. The number of hydrogen-bond donors (Lipinski definition) is 3. The van der Waals surface area contributed by atoms with Gasteiger partial charge in [0.1, 0.15) is 29.5 Å². The van der Waals surface area contributed by atoms with Gasteiger partial charge in [0.25, 0.3) is 0 Å². The number of nitrogens with zero attached hydrogens (tertiary/aromatic N) is 2. The predicted octanol–water partition coefficient (Wildman–Crippen LogP) is 4.35. The van der Waals surface area contributed by atoms with Crippen LogP contribution in [0.25, 0.3) is 17.0 Å². The van der Waals surface area contributed by atoms with Gasteiger partial charge in [-0.2, -0.15) is 0 Å². The quantitative estimate of drug-likeness (QED) is 0.259. The van der Waals surface area contributed by atoms with Crippen LogP contribution in [0.2, 0.25) is 0 Å². The third-order valence-electron chi connectivity index (χ3n) is 11.3. The summed E-state index contributed by atoms with van der Waals surface area (Å²) >= 11 is 0. The van der Waals surface area contributed by atoms with Crippen LogP contribution in [-0.4, -0.2) is 117 Å². The van der Waals surface area contributed by atoms with Gasteiger partial charge in [0.2, 0.25) is 0 Å². The van der Waals surface area contributed by atoms with Crippen LogP contribution in [-0.2, 0) is 33.3 Å². The Morgan fingerprint density at radius 3 is 2.36 bits per heavy atom. The zero-order valence-electron chi connectivity index (χ0n) is 32.9. The molecule has 2 aromatic rings. The van der Waals surface area contributed by atoms with E-state index < -0.39 is 77.3 Å². The number of benzene rings is 1. The molecule has 2 aliphatic heterocycles. The Morgan fingerprint density at radius 2 is 1.70 bits per heavy atom. The van der Waals surface area contributed by atoms with Gasteiger partial charge < -0.3 is 39.2 Å². The molecule has 294 valence electrons. The van der Waals surface area contributed by atoms with Gasteiger partial charge in [-0.3, -0.25) is 19.4 Å². The molecule has 3 N–H and O–H groups in total. The van der Waals surface area contributed by atoms with Crippen molar-refractivity contribution in [2.45, 2.75) is 129 Å². The molecule has 1 aromatic carbocycles.